The standard InChI is InChI=1S/C14H30N2/c1-6-10-15-13-12(16(5)11-7-2)8-9-14(13,3)4/h12-13,15H,6-11H2,1-5H3. The molecule has 2 unspecified atom stereocenters. The highest BCUT2D eigenvalue weighted by molar-refractivity contribution is 5.00. The minimum absolute atomic E-state index is 0.460. The van der Waals surface area contributed by atoms with E-state index in [4.69, 9.17) is 0 Å². The molecule has 2 atom stereocenters. The summed E-state index contributed by atoms with van der Waals surface area (Å²) in [6.45, 7) is 11.7. The lowest BCUT2D eigenvalue weighted by molar-refractivity contribution is 0.171. The van der Waals surface area contributed by atoms with E-state index in [9.17, 15) is 0 Å². The maximum Gasteiger partial charge on any atom is 0.0274 e. The van der Waals surface area contributed by atoms with Crippen molar-refractivity contribution in [2.75, 3.05) is 20.1 Å². The van der Waals surface area contributed by atoms with Gasteiger partial charge in [0.05, 0.1) is 0 Å². The first kappa shape index (κ1) is 14.0. The van der Waals surface area contributed by atoms with Crippen LogP contribution in [0.1, 0.15) is 53.4 Å². The summed E-state index contributed by atoms with van der Waals surface area (Å²) < 4.78 is 0. The van der Waals surface area contributed by atoms with E-state index in [0.29, 0.717) is 11.5 Å². The van der Waals surface area contributed by atoms with Gasteiger partial charge in [-0.3, -0.25) is 0 Å². The van der Waals surface area contributed by atoms with E-state index in [-0.39, 0.29) is 0 Å². The fourth-order valence-electron chi connectivity index (χ4n) is 3.07. The molecule has 0 radical (unpaired) electrons. The molecule has 96 valence electrons. The fraction of sp³-hybridized carbons (Fsp3) is 1.00. The summed E-state index contributed by atoms with van der Waals surface area (Å²) in [6.07, 6.45) is 5.20. The third kappa shape index (κ3) is 3.21. The zero-order chi connectivity index (χ0) is 12.2. The van der Waals surface area contributed by atoms with Crippen molar-refractivity contribution in [3.8, 4) is 0 Å². The van der Waals surface area contributed by atoms with Crippen molar-refractivity contribution in [3.05, 3.63) is 0 Å². The Labute approximate surface area is 102 Å². The van der Waals surface area contributed by atoms with Crippen molar-refractivity contribution in [1.29, 1.82) is 0 Å². The monoisotopic (exact) mass is 226 g/mol. The first-order valence-electron chi connectivity index (χ1n) is 6.96. The Bertz CT molecular complexity index is 201. The average molecular weight is 226 g/mol. The number of likely N-dealkylation sites (N-methyl/N-ethyl adjacent to an activating group) is 1. The number of nitrogens with one attached hydrogen (secondary N) is 1. The molecule has 0 aliphatic heterocycles. The molecule has 0 saturated heterocycles. The molecule has 0 aromatic heterocycles. The van der Waals surface area contributed by atoms with Crippen molar-refractivity contribution < 1.29 is 0 Å². The summed E-state index contributed by atoms with van der Waals surface area (Å²) in [5, 5.41) is 3.77. The van der Waals surface area contributed by atoms with E-state index in [0.717, 1.165) is 12.6 Å². The highest BCUT2D eigenvalue weighted by Gasteiger charge is 2.42. The first-order valence-corrected chi connectivity index (χ1v) is 6.96. The Kier molecular flexibility index (Phi) is 5.26. The molecule has 2 nitrogen and oxygen atoms in total. The molecule has 16 heavy (non-hydrogen) atoms. The van der Waals surface area contributed by atoms with Crippen LogP contribution in [0.4, 0.5) is 0 Å². The Balaban J connectivity index is 2.61. The molecule has 1 aliphatic carbocycles. The normalized spacial score (nSPS) is 28.9. The van der Waals surface area contributed by atoms with Crippen LogP contribution in [0.25, 0.3) is 0 Å². The fourth-order valence-corrected chi connectivity index (χ4v) is 3.07. The minimum atomic E-state index is 0.460. The van der Waals surface area contributed by atoms with Crippen molar-refractivity contribution >= 4 is 0 Å². The molecule has 0 bridgehead atoms. The van der Waals surface area contributed by atoms with Gasteiger partial charge in [-0.05, 0) is 51.2 Å². The maximum atomic E-state index is 3.77. The van der Waals surface area contributed by atoms with Crippen molar-refractivity contribution in [2.45, 2.75) is 65.5 Å². The zero-order valence-corrected chi connectivity index (χ0v) is 11.8. The highest BCUT2D eigenvalue weighted by atomic mass is 15.2. The van der Waals surface area contributed by atoms with Crippen LogP contribution in [-0.2, 0) is 0 Å². The van der Waals surface area contributed by atoms with Crippen LogP contribution in [0.2, 0.25) is 0 Å². The van der Waals surface area contributed by atoms with E-state index in [1.165, 1.54) is 32.2 Å². The molecule has 1 N–H and O–H groups in total. The molecular formula is C14H30N2. The molecule has 0 aromatic rings. The van der Waals surface area contributed by atoms with Crippen LogP contribution in [0.15, 0.2) is 0 Å². The Morgan fingerprint density at radius 2 is 1.94 bits per heavy atom. The largest absolute Gasteiger partial charge is 0.312 e. The molecule has 0 heterocycles. The summed E-state index contributed by atoms with van der Waals surface area (Å²) in [7, 11) is 2.29. The van der Waals surface area contributed by atoms with Crippen LogP contribution >= 0.6 is 0 Å². The van der Waals surface area contributed by atoms with Gasteiger partial charge in [-0.25, -0.2) is 0 Å². The summed E-state index contributed by atoms with van der Waals surface area (Å²) in [5.41, 5.74) is 0.460. The summed E-state index contributed by atoms with van der Waals surface area (Å²) >= 11 is 0. The molecule has 1 fully saturated rings. The first-order chi connectivity index (χ1) is 7.53. The lowest BCUT2D eigenvalue weighted by Gasteiger charge is -2.36. The smallest absolute Gasteiger partial charge is 0.0274 e. The summed E-state index contributed by atoms with van der Waals surface area (Å²) in [5.74, 6) is 0. The van der Waals surface area contributed by atoms with E-state index >= 15 is 0 Å². The van der Waals surface area contributed by atoms with E-state index in [2.05, 4.69) is 45.0 Å². The van der Waals surface area contributed by atoms with E-state index in [1.54, 1.807) is 0 Å². The van der Waals surface area contributed by atoms with Crippen LogP contribution in [0.5, 0.6) is 0 Å². The van der Waals surface area contributed by atoms with Gasteiger partial charge in [-0.2, -0.15) is 0 Å². The van der Waals surface area contributed by atoms with Gasteiger partial charge in [0.25, 0.3) is 0 Å². The third-order valence-corrected chi connectivity index (χ3v) is 4.07. The van der Waals surface area contributed by atoms with Gasteiger partial charge in [-0.15, -0.1) is 0 Å². The van der Waals surface area contributed by atoms with Gasteiger partial charge in [0.15, 0.2) is 0 Å². The lowest BCUT2D eigenvalue weighted by atomic mass is 9.86. The van der Waals surface area contributed by atoms with Crippen LogP contribution in [0.3, 0.4) is 0 Å². The molecular weight excluding hydrogens is 196 g/mol. The van der Waals surface area contributed by atoms with Crippen LogP contribution in [0, 0.1) is 5.41 Å². The third-order valence-electron chi connectivity index (χ3n) is 4.07. The second-order valence-corrected chi connectivity index (χ2v) is 6.01. The van der Waals surface area contributed by atoms with Gasteiger partial charge >= 0.3 is 0 Å². The van der Waals surface area contributed by atoms with Gasteiger partial charge < -0.3 is 10.2 Å². The Hall–Kier alpha value is -0.0800. The Morgan fingerprint density at radius 1 is 1.25 bits per heavy atom. The van der Waals surface area contributed by atoms with Crippen molar-refractivity contribution in [3.63, 3.8) is 0 Å². The van der Waals surface area contributed by atoms with Gasteiger partial charge in [0.2, 0.25) is 0 Å². The predicted molar refractivity (Wildman–Crippen MR) is 71.8 cm³/mol. The highest BCUT2D eigenvalue weighted by Crippen LogP contribution is 2.39. The molecule has 1 rings (SSSR count). The zero-order valence-electron chi connectivity index (χ0n) is 11.8. The number of hydrogen-bond donors (Lipinski definition) is 1. The molecule has 2 heteroatoms. The van der Waals surface area contributed by atoms with Gasteiger partial charge in [0.1, 0.15) is 0 Å². The Morgan fingerprint density at radius 3 is 2.50 bits per heavy atom. The topological polar surface area (TPSA) is 15.3 Å². The molecule has 0 aromatic carbocycles. The molecule has 1 saturated carbocycles. The van der Waals surface area contributed by atoms with Gasteiger partial charge in [-0.1, -0.05) is 27.7 Å². The lowest BCUT2D eigenvalue weighted by Crippen LogP contribution is -2.51. The maximum absolute atomic E-state index is 3.77. The van der Waals surface area contributed by atoms with Crippen LogP contribution < -0.4 is 5.32 Å². The molecule has 1 aliphatic rings. The second kappa shape index (κ2) is 6.02. The number of rotatable bonds is 6. The minimum Gasteiger partial charge on any atom is -0.312 e. The second-order valence-electron chi connectivity index (χ2n) is 6.01. The average Bonchev–Trinajstić information content (AvgIpc) is 2.51. The van der Waals surface area contributed by atoms with Crippen molar-refractivity contribution in [1.82, 2.24) is 10.2 Å². The SMILES string of the molecule is CCCNC1C(N(C)CCC)CCC1(C)C. The summed E-state index contributed by atoms with van der Waals surface area (Å²) in [4.78, 5) is 2.56. The van der Waals surface area contributed by atoms with Gasteiger partial charge in [0, 0.05) is 12.1 Å². The van der Waals surface area contributed by atoms with Crippen molar-refractivity contribution in [2.24, 2.45) is 5.41 Å². The molecule has 0 amide bonds. The number of hydrogen-bond acceptors (Lipinski definition) is 2. The number of nitrogens with zero attached hydrogens (tertiary/aromatic N) is 1. The quantitative estimate of drug-likeness (QED) is 0.749. The molecule has 0 spiro atoms. The van der Waals surface area contributed by atoms with E-state index < -0.39 is 0 Å². The predicted octanol–water partition coefficient (Wildman–Crippen LogP) is 2.89. The van der Waals surface area contributed by atoms with Crippen LogP contribution in [-0.4, -0.2) is 37.1 Å². The van der Waals surface area contributed by atoms with E-state index in [1.807, 2.05) is 0 Å². The summed E-state index contributed by atoms with van der Waals surface area (Å²) in [6, 6.07) is 1.41.